The molecule has 6 rings (SSSR count). The molecule has 0 spiro atoms. The van der Waals surface area contributed by atoms with E-state index in [1.54, 1.807) is 40.1 Å². The van der Waals surface area contributed by atoms with Crippen molar-refractivity contribution in [1.29, 1.82) is 0 Å². The van der Waals surface area contributed by atoms with Crippen molar-refractivity contribution in [3.63, 3.8) is 0 Å². The lowest BCUT2D eigenvalue weighted by atomic mass is 10.1. The second-order valence-electron chi connectivity index (χ2n) is 12.2. The summed E-state index contributed by atoms with van der Waals surface area (Å²) < 4.78 is 22.0. The number of nitrogens with zero attached hydrogens (tertiary/aromatic N) is 8. The number of anilines is 1. The van der Waals surface area contributed by atoms with Gasteiger partial charge in [-0.15, -0.1) is 0 Å². The average Bonchev–Trinajstić information content (AvgIpc) is 3.87. The van der Waals surface area contributed by atoms with E-state index in [2.05, 4.69) is 43.3 Å². The summed E-state index contributed by atoms with van der Waals surface area (Å²) in [4.78, 5) is 19.1. The first-order valence-corrected chi connectivity index (χ1v) is 17.3. The summed E-state index contributed by atoms with van der Waals surface area (Å²) in [5.41, 5.74) is 2.52. The normalized spacial score (nSPS) is 21.1. The van der Waals surface area contributed by atoms with Gasteiger partial charge in [0.25, 0.3) is 0 Å². The Kier molecular flexibility index (Phi) is 11.2. The van der Waals surface area contributed by atoms with Crippen LogP contribution >= 0.6 is 23.2 Å². The number of halogens is 2. The smallest absolute Gasteiger partial charge is 0.350 e. The van der Waals surface area contributed by atoms with Gasteiger partial charge in [0.1, 0.15) is 31.3 Å². The van der Waals surface area contributed by atoms with Crippen molar-refractivity contribution in [2.24, 2.45) is 0 Å². The van der Waals surface area contributed by atoms with Gasteiger partial charge in [-0.1, -0.05) is 48.3 Å². The summed E-state index contributed by atoms with van der Waals surface area (Å²) in [6, 6.07) is 13.5. The van der Waals surface area contributed by atoms with E-state index in [1.807, 2.05) is 51.1 Å². The Bertz CT molecular complexity index is 1800. The third-order valence-corrected chi connectivity index (χ3v) is 9.50. The van der Waals surface area contributed by atoms with Crippen molar-refractivity contribution in [2.45, 2.75) is 51.7 Å². The molecule has 12 nitrogen and oxygen atoms in total. The highest BCUT2D eigenvalue weighted by atomic mass is 35.5. The number of ether oxygens (including phenoxy) is 3. The highest BCUT2D eigenvalue weighted by molar-refractivity contribution is 6.35. The van der Waals surface area contributed by atoms with Crippen LogP contribution in [0, 0.1) is 0 Å². The summed E-state index contributed by atoms with van der Waals surface area (Å²) in [6.45, 7) is 11.3. The molecular formula is C35H42Cl2N8O4. The van der Waals surface area contributed by atoms with E-state index in [1.165, 1.54) is 4.80 Å². The molecule has 4 aromatic rings. The predicted molar refractivity (Wildman–Crippen MR) is 190 cm³/mol. The molecule has 4 heterocycles. The summed E-state index contributed by atoms with van der Waals surface area (Å²) in [5, 5.41) is 13.7. The molecular weight excluding hydrogens is 667 g/mol. The van der Waals surface area contributed by atoms with Gasteiger partial charge >= 0.3 is 5.69 Å². The Hall–Kier alpha value is -3.94. The number of rotatable bonds is 13. The van der Waals surface area contributed by atoms with Crippen molar-refractivity contribution in [2.75, 3.05) is 50.8 Å². The van der Waals surface area contributed by atoms with Crippen molar-refractivity contribution in [3.05, 3.63) is 106 Å². The molecule has 260 valence electrons. The van der Waals surface area contributed by atoms with Crippen molar-refractivity contribution >= 4 is 34.6 Å². The fourth-order valence-electron chi connectivity index (χ4n) is 6.00. The van der Waals surface area contributed by atoms with E-state index >= 15 is 0 Å². The standard InChI is InChI=1S/C35H42Cl2N8O4/c1-4-26(3)45-34(46)43(25-40-45)28(5-2)7-6-16-41-17-19-42(20-18-41)29-9-11-30(12-10-29)47-22-31-23-48-35(49-31,24-44-38-14-15-39-44)32-13-8-27(36)21-33(32)37/h5-15,21,25-26,31H,4,16-20,22-24H2,1-3H3. The molecule has 0 bridgehead atoms. The molecule has 2 fully saturated rings. The van der Waals surface area contributed by atoms with E-state index in [9.17, 15) is 4.79 Å². The fraction of sp³-hybridized carbons (Fsp3) is 0.429. The molecule has 3 atom stereocenters. The molecule has 2 aliphatic heterocycles. The molecule has 0 radical (unpaired) electrons. The first kappa shape index (κ1) is 34.9. The van der Waals surface area contributed by atoms with E-state index in [4.69, 9.17) is 37.4 Å². The second-order valence-corrected chi connectivity index (χ2v) is 13.0. The van der Waals surface area contributed by atoms with Gasteiger partial charge in [-0.05, 0) is 62.7 Å². The van der Waals surface area contributed by atoms with Crippen LogP contribution in [0.5, 0.6) is 5.75 Å². The van der Waals surface area contributed by atoms with E-state index in [-0.39, 0.29) is 24.4 Å². The van der Waals surface area contributed by atoms with Crippen LogP contribution in [-0.4, -0.2) is 86.3 Å². The van der Waals surface area contributed by atoms with Crippen LogP contribution in [0.2, 0.25) is 10.0 Å². The number of hydrogen-bond donors (Lipinski definition) is 0. The summed E-state index contributed by atoms with van der Waals surface area (Å²) >= 11 is 12.7. The first-order chi connectivity index (χ1) is 23.8. The second kappa shape index (κ2) is 15.7. The Morgan fingerprint density at radius 3 is 2.53 bits per heavy atom. The maximum Gasteiger partial charge on any atom is 0.350 e. The zero-order chi connectivity index (χ0) is 34.4. The summed E-state index contributed by atoms with van der Waals surface area (Å²) in [6.07, 6.45) is 11.4. The van der Waals surface area contributed by atoms with Crippen LogP contribution < -0.4 is 15.3 Å². The fourth-order valence-corrected chi connectivity index (χ4v) is 6.56. The minimum atomic E-state index is -1.18. The van der Waals surface area contributed by atoms with Crippen molar-refractivity contribution in [3.8, 4) is 5.75 Å². The Morgan fingerprint density at radius 2 is 1.84 bits per heavy atom. The molecule has 14 heteroatoms. The number of aromatic nitrogens is 6. The van der Waals surface area contributed by atoms with Gasteiger partial charge in [-0.25, -0.2) is 14.0 Å². The van der Waals surface area contributed by atoms with Gasteiger partial charge in [0, 0.05) is 54.7 Å². The van der Waals surface area contributed by atoms with Crippen LogP contribution in [-0.2, 0) is 21.8 Å². The third kappa shape index (κ3) is 8.11. The molecule has 3 unspecified atom stereocenters. The molecule has 0 N–H and O–H groups in total. The monoisotopic (exact) mass is 708 g/mol. The number of hydrogen-bond acceptors (Lipinski definition) is 9. The molecule has 49 heavy (non-hydrogen) atoms. The maximum absolute atomic E-state index is 12.8. The average molecular weight is 710 g/mol. The van der Waals surface area contributed by atoms with Gasteiger partial charge in [-0.2, -0.15) is 20.1 Å². The van der Waals surface area contributed by atoms with Gasteiger partial charge in [0.2, 0.25) is 5.79 Å². The minimum absolute atomic E-state index is 0.0669. The minimum Gasteiger partial charge on any atom is -0.491 e. The van der Waals surface area contributed by atoms with Gasteiger partial charge < -0.3 is 19.1 Å². The quantitative estimate of drug-likeness (QED) is 0.167. The van der Waals surface area contributed by atoms with E-state index in [0.29, 0.717) is 28.8 Å². The number of benzene rings is 2. The maximum atomic E-state index is 12.8. The molecule has 0 saturated carbocycles. The van der Waals surface area contributed by atoms with Crippen molar-refractivity contribution < 1.29 is 14.2 Å². The zero-order valence-electron chi connectivity index (χ0n) is 28.0. The van der Waals surface area contributed by atoms with Crippen LogP contribution in [0.25, 0.3) is 5.70 Å². The van der Waals surface area contributed by atoms with Gasteiger partial charge in [-0.3, -0.25) is 4.90 Å². The van der Waals surface area contributed by atoms with E-state index < -0.39 is 5.79 Å². The lowest BCUT2D eigenvalue weighted by molar-refractivity contribution is -0.192. The topological polar surface area (TPSA) is 105 Å². The predicted octanol–water partition coefficient (Wildman–Crippen LogP) is 5.50. The Balaban J connectivity index is 0.985. The van der Waals surface area contributed by atoms with E-state index in [0.717, 1.165) is 56.3 Å². The number of piperazine rings is 1. The molecule has 2 aliphatic rings. The molecule has 0 aliphatic carbocycles. The van der Waals surface area contributed by atoms with Gasteiger partial charge in [0.05, 0.1) is 30.1 Å². The van der Waals surface area contributed by atoms with Crippen LogP contribution in [0.4, 0.5) is 5.69 Å². The molecule has 2 saturated heterocycles. The highest BCUT2D eigenvalue weighted by Gasteiger charge is 2.46. The third-order valence-electron chi connectivity index (χ3n) is 8.96. The lowest BCUT2D eigenvalue weighted by Crippen LogP contribution is -2.46. The largest absolute Gasteiger partial charge is 0.491 e. The Morgan fingerprint density at radius 1 is 1.08 bits per heavy atom. The molecule has 2 aromatic heterocycles. The summed E-state index contributed by atoms with van der Waals surface area (Å²) in [7, 11) is 0. The molecule has 2 aromatic carbocycles. The first-order valence-electron chi connectivity index (χ1n) is 16.6. The van der Waals surface area contributed by atoms with Crippen LogP contribution in [0.15, 0.2) is 84.2 Å². The molecule has 0 amide bonds. The zero-order valence-corrected chi connectivity index (χ0v) is 29.5. The SMILES string of the molecule is CC=C(C=CCN1CCN(c2ccc(OCC3COC(Cn4nccn4)(c4ccc(Cl)cc4Cl)O3)cc2)CC1)n1cnn(C(C)CC)c1=O. The summed E-state index contributed by atoms with van der Waals surface area (Å²) in [5.74, 6) is -0.428. The lowest BCUT2D eigenvalue weighted by Gasteiger charge is -2.35. The van der Waals surface area contributed by atoms with Crippen LogP contribution in [0.3, 0.4) is 0 Å². The van der Waals surface area contributed by atoms with Crippen LogP contribution in [0.1, 0.15) is 38.8 Å². The Labute approximate surface area is 296 Å². The van der Waals surface area contributed by atoms with Gasteiger partial charge in [0.15, 0.2) is 0 Å². The highest BCUT2D eigenvalue weighted by Crippen LogP contribution is 2.40. The van der Waals surface area contributed by atoms with Crippen molar-refractivity contribution in [1.82, 2.24) is 34.2 Å². The number of allylic oxidation sites excluding steroid dienone is 3.